The maximum Gasteiger partial charge on any atom is 0.238 e. The van der Waals surface area contributed by atoms with Crippen LogP contribution in [0.1, 0.15) is 11.1 Å². The maximum absolute atomic E-state index is 12.3. The molecule has 0 aromatic heterocycles. The van der Waals surface area contributed by atoms with Crippen molar-refractivity contribution >= 4 is 25.5 Å². The lowest BCUT2D eigenvalue weighted by atomic mass is 9.98. The Balaban J connectivity index is 2.06. The summed E-state index contributed by atoms with van der Waals surface area (Å²) in [4.78, 5) is 1.60. The van der Waals surface area contributed by atoms with Crippen LogP contribution in [0.3, 0.4) is 0 Å². The van der Waals surface area contributed by atoms with E-state index in [0.717, 1.165) is 23.4 Å². The van der Waals surface area contributed by atoms with Crippen molar-refractivity contribution < 1.29 is 26.3 Å². The van der Waals surface area contributed by atoms with Crippen LogP contribution in [0.15, 0.2) is 40.1 Å². The SMILES string of the molecule is COc1cc2c(cc1OC)CN(c1ccc(S(N)(=O)=O)cc1S(C)(=O)=O)CC2. The number of sulfone groups is 1. The number of sulfonamides is 1. The van der Waals surface area contributed by atoms with Gasteiger partial charge in [-0.3, -0.25) is 0 Å². The average molecular weight is 427 g/mol. The third-order valence-electron chi connectivity index (χ3n) is 4.72. The second kappa shape index (κ2) is 7.26. The van der Waals surface area contributed by atoms with Crippen LogP contribution in [0.5, 0.6) is 11.5 Å². The van der Waals surface area contributed by atoms with E-state index < -0.39 is 19.9 Å². The van der Waals surface area contributed by atoms with Crippen LogP contribution in [0, 0.1) is 0 Å². The first kappa shape index (κ1) is 20.4. The Morgan fingerprint density at radius 2 is 1.57 bits per heavy atom. The number of rotatable bonds is 5. The Bertz CT molecular complexity index is 1130. The summed E-state index contributed by atoms with van der Waals surface area (Å²) in [5.41, 5.74) is 2.52. The van der Waals surface area contributed by atoms with Crippen LogP contribution in [0.25, 0.3) is 0 Å². The summed E-state index contributed by atoms with van der Waals surface area (Å²) in [6.45, 7) is 1.02. The molecule has 152 valence electrons. The monoisotopic (exact) mass is 426 g/mol. The predicted molar refractivity (Wildman–Crippen MR) is 105 cm³/mol. The molecule has 0 radical (unpaired) electrons. The Labute approximate surface area is 164 Å². The molecule has 0 saturated heterocycles. The van der Waals surface area contributed by atoms with Crippen molar-refractivity contribution in [1.29, 1.82) is 0 Å². The first-order valence-electron chi connectivity index (χ1n) is 8.40. The van der Waals surface area contributed by atoms with Crippen molar-refractivity contribution in [1.82, 2.24) is 0 Å². The molecule has 0 amide bonds. The third kappa shape index (κ3) is 3.94. The number of nitrogens with two attached hydrogens (primary N) is 1. The minimum Gasteiger partial charge on any atom is -0.493 e. The molecule has 0 atom stereocenters. The second-order valence-corrected chi connectivity index (χ2v) is 10.1. The zero-order valence-electron chi connectivity index (χ0n) is 15.8. The lowest BCUT2D eigenvalue weighted by molar-refractivity contribution is 0.353. The second-order valence-electron chi connectivity index (χ2n) is 6.59. The molecular weight excluding hydrogens is 404 g/mol. The summed E-state index contributed by atoms with van der Waals surface area (Å²) in [5.74, 6) is 1.24. The fraction of sp³-hybridized carbons (Fsp3) is 0.333. The van der Waals surface area contributed by atoms with Gasteiger partial charge in [0.1, 0.15) is 0 Å². The van der Waals surface area contributed by atoms with Gasteiger partial charge < -0.3 is 14.4 Å². The largest absolute Gasteiger partial charge is 0.493 e. The Morgan fingerprint density at radius 3 is 2.11 bits per heavy atom. The van der Waals surface area contributed by atoms with Crippen LogP contribution < -0.4 is 19.5 Å². The summed E-state index contributed by atoms with van der Waals surface area (Å²) >= 11 is 0. The highest BCUT2D eigenvalue weighted by molar-refractivity contribution is 7.91. The number of methoxy groups -OCH3 is 2. The van der Waals surface area contributed by atoms with Crippen LogP contribution in [0.2, 0.25) is 0 Å². The van der Waals surface area contributed by atoms with Gasteiger partial charge in [0.2, 0.25) is 10.0 Å². The Hall–Kier alpha value is -2.30. The first-order chi connectivity index (χ1) is 13.0. The highest BCUT2D eigenvalue weighted by Crippen LogP contribution is 2.36. The molecule has 1 heterocycles. The molecule has 1 aliphatic heterocycles. The van der Waals surface area contributed by atoms with E-state index in [0.29, 0.717) is 36.7 Å². The van der Waals surface area contributed by atoms with E-state index in [1.54, 1.807) is 14.2 Å². The number of benzene rings is 2. The predicted octanol–water partition coefficient (Wildman–Crippen LogP) is 1.32. The lowest BCUT2D eigenvalue weighted by Crippen LogP contribution is -2.31. The number of fused-ring (bicyclic) bond motifs is 1. The zero-order chi connectivity index (χ0) is 20.7. The summed E-state index contributed by atoms with van der Waals surface area (Å²) < 4.78 is 58.6. The average Bonchev–Trinajstić information content (AvgIpc) is 2.64. The molecule has 8 nitrogen and oxygen atoms in total. The van der Waals surface area contributed by atoms with Crippen LogP contribution in [0.4, 0.5) is 5.69 Å². The molecule has 0 saturated carbocycles. The number of anilines is 1. The van der Waals surface area contributed by atoms with Gasteiger partial charge in [0, 0.05) is 19.3 Å². The Morgan fingerprint density at radius 1 is 0.964 bits per heavy atom. The molecule has 0 aliphatic carbocycles. The number of hydrogen-bond donors (Lipinski definition) is 1. The van der Waals surface area contributed by atoms with Gasteiger partial charge in [0.05, 0.1) is 29.7 Å². The summed E-state index contributed by atoms with van der Waals surface area (Å²) in [6.07, 6.45) is 1.72. The van der Waals surface area contributed by atoms with Crippen LogP contribution in [-0.2, 0) is 32.8 Å². The van der Waals surface area contributed by atoms with Crippen LogP contribution in [-0.4, -0.2) is 43.9 Å². The maximum atomic E-state index is 12.3. The molecule has 10 heteroatoms. The molecule has 3 rings (SSSR count). The molecule has 28 heavy (non-hydrogen) atoms. The molecule has 2 aromatic rings. The van der Waals surface area contributed by atoms with Gasteiger partial charge in [-0.1, -0.05) is 0 Å². The normalized spacial score (nSPS) is 14.5. The molecular formula is C18H22N2O6S2. The number of primary sulfonamides is 1. The molecule has 0 spiro atoms. The minimum atomic E-state index is -4.01. The number of nitrogens with zero attached hydrogens (tertiary/aromatic N) is 1. The fourth-order valence-electron chi connectivity index (χ4n) is 3.32. The smallest absolute Gasteiger partial charge is 0.238 e. The molecule has 2 N–H and O–H groups in total. The van der Waals surface area contributed by atoms with E-state index in [-0.39, 0.29) is 9.79 Å². The van der Waals surface area contributed by atoms with Crippen molar-refractivity contribution in [2.45, 2.75) is 22.8 Å². The number of hydrogen-bond acceptors (Lipinski definition) is 7. The van der Waals surface area contributed by atoms with E-state index in [1.807, 2.05) is 17.0 Å². The van der Waals surface area contributed by atoms with E-state index in [4.69, 9.17) is 14.6 Å². The lowest BCUT2D eigenvalue weighted by Gasteiger charge is -2.32. The van der Waals surface area contributed by atoms with Gasteiger partial charge in [-0.2, -0.15) is 0 Å². The molecule has 0 fully saturated rings. The van der Waals surface area contributed by atoms with Crippen molar-refractivity contribution in [3.05, 3.63) is 41.5 Å². The van der Waals surface area contributed by atoms with Crippen molar-refractivity contribution in [2.75, 3.05) is 31.9 Å². The summed E-state index contributed by atoms with van der Waals surface area (Å²) in [7, 11) is -4.56. The van der Waals surface area contributed by atoms with Gasteiger partial charge >= 0.3 is 0 Å². The first-order valence-corrected chi connectivity index (χ1v) is 11.8. The van der Waals surface area contributed by atoms with Gasteiger partial charge in [-0.25, -0.2) is 22.0 Å². The van der Waals surface area contributed by atoms with Crippen LogP contribution >= 0.6 is 0 Å². The highest BCUT2D eigenvalue weighted by atomic mass is 32.2. The van der Waals surface area contributed by atoms with Gasteiger partial charge in [0.15, 0.2) is 21.3 Å². The van der Waals surface area contributed by atoms with E-state index in [9.17, 15) is 16.8 Å². The topological polar surface area (TPSA) is 116 Å². The molecule has 0 unspecified atom stereocenters. The van der Waals surface area contributed by atoms with Crippen molar-refractivity contribution in [3.8, 4) is 11.5 Å². The van der Waals surface area contributed by atoms with Gasteiger partial charge in [-0.05, 0) is 47.9 Å². The summed E-state index contributed by atoms with van der Waals surface area (Å²) in [6, 6.07) is 7.72. The molecule has 0 bridgehead atoms. The van der Waals surface area contributed by atoms with E-state index >= 15 is 0 Å². The molecule has 1 aliphatic rings. The van der Waals surface area contributed by atoms with Crippen molar-refractivity contribution in [3.63, 3.8) is 0 Å². The Kier molecular flexibility index (Phi) is 5.30. The fourth-order valence-corrected chi connectivity index (χ4v) is 4.85. The van der Waals surface area contributed by atoms with Crippen molar-refractivity contribution in [2.24, 2.45) is 5.14 Å². The van der Waals surface area contributed by atoms with E-state index in [1.165, 1.54) is 12.1 Å². The minimum absolute atomic E-state index is 0.0667. The highest BCUT2D eigenvalue weighted by Gasteiger charge is 2.25. The van der Waals surface area contributed by atoms with Gasteiger partial charge in [-0.15, -0.1) is 0 Å². The zero-order valence-corrected chi connectivity index (χ0v) is 17.4. The van der Waals surface area contributed by atoms with E-state index in [2.05, 4.69) is 0 Å². The quantitative estimate of drug-likeness (QED) is 0.766. The summed E-state index contributed by atoms with van der Waals surface area (Å²) in [5, 5.41) is 5.16. The molecule has 2 aromatic carbocycles. The van der Waals surface area contributed by atoms with Gasteiger partial charge in [0.25, 0.3) is 0 Å². The standard InChI is InChI=1S/C18H22N2O6S2/c1-25-16-8-12-6-7-20(11-13(12)9-17(16)26-2)15-5-4-14(28(19,23)24)10-18(15)27(3,21)22/h4-5,8-10H,6-7,11H2,1-3H3,(H2,19,23,24). The third-order valence-corrected chi connectivity index (χ3v) is 6.75. The number of ether oxygens (including phenoxy) is 2.